The number of aryl methyl sites for hydroxylation is 1. The number of thiocarbonyl (C=S) groups is 1. The van der Waals surface area contributed by atoms with Crippen LogP contribution in [0, 0.1) is 6.92 Å². The molecule has 4 aromatic rings. The summed E-state index contributed by atoms with van der Waals surface area (Å²) in [5.41, 5.74) is 4.24. The second kappa shape index (κ2) is 11.4. The van der Waals surface area contributed by atoms with E-state index in [1.807, 2.05) is 55.5 Å². The van der Waals surface area contributed by atoms with E-state index in [1.165, 1.54) is 21.7 Å². The monoisotopic (exact) mass is 567 g/mol. The molecular weight excluding hydrogens is 539 g/mol. The normalized spacial score (nSPS) is 17.4. The van der Waals surface area contributed by atoms with E-state index >= 15 is 0 Å². The summed E-state index contributed by atoms with van der Waals surface area (Å²) in [6.07, 6.45) is 3.40. The maximum Gasteiger partial charge on any atom is 0.267 e. The highest BCUT2D eigenvalue weighted by Gasteiger charge is 2.33. The number of amides is 1. The minimum atomic E-state index is -0.198. The van der Waals surface area contributed by atoms with Crippen molar-refractivity contribution in [2.24, 2.45) is 0 Å². The van der Waals surface area contributed by atoms with Gasteiger partial charge in [0.2, 0.25) is 0 Å². The van der Waals surface area contributed by atoms with Crippen LogP contribution in [0.25, 0.3) is 11.7 Å². The van der Waals surface area contributed by atoms with Crippen LogP contribution in [0.3, 0.4) is 0 Å². The van der Waals surface area contributed by atoms with Crippen LogP contribution in [0.5, 0.6) is 0 Å². The van der Waals surface area contributed by atoms with Gasteiger partial charge in [0.25, 0.3) is 11.5 Å². The van der Waals surface area contributed by atoms with Crippen molar-refractivity contribution in [3.05, 3.63) is 117 Å². The first-order chi connectivity index (χ1) is 19.5. The molecule has 9 heteroatoms. The highest BCUT2D eigenvalue weighted by molar-refractivity contribution is 8.26. The van der Waals surface area contributed by atoms with Gasteiger partial charge in [-0.2, -0.15) is 0 Å². The van der Waals surface area contributed by atoms with Crippen molar-refractivity contribution in [1.29, 1.82) is 0 Å². The summed E-state index contributed by atoms with van der Waals surface area (Å²) in [5, 5.41) is 0. The Morgan fingerprint density at radius 2 is 1.57 bits per heavy atom. The quantitative estimate of drug-likeness (QED) is 0.247. The third kappa shape index (κ3) is 5.45. The Morgan fingerprint density at radius 3 is 2.33 bits per heavy atom. The van der Waals surface area contributed by atoms with E-state index in [0.717, 1.165) is 43.9 Å². The van der Waals surface area contributed by atoms with Gasteiger partial charge in [-0.1, -0.05) is 90.2 Å². The summed E-state index contributed by atoms with van der Waals surface area (Å²) in [6, 6.07) is 24.0. The van der Waals surface area contributed by atoms with Crippen LogP contribution in [-0.2, 0) is 17.9 Å². The molecule has 2 aliphatic heterocycles. The van der Waals surface area contributed by atoms with Crippen molar-refractivity contribution in [1.82, 2.24) is 19.2 Å². The standard InChI is InChI=1S/C31H29N5O2S2/c1-22-10-12-24(13-11-22)21-36-30(38)26(40-31(36)39)19-25-28(32-27-9-5-6-14-35(27)29(25)37)34-17-15-33(16-18-34)20-23-7-3-2-4-8-23/h2-14,19H,15-18,20-21H2,1H3/b26-19-. The number of pyridine rings is 1. The number of hydrogen-bond donors (Lipinski definition) is 0. The molecule has 2 aromatic carbocycles. The number of anilines is 1. The summed E-state index contributed by atoms with van der Waals surface area (Å²) in [7, 11) is 0. The lowest BCUT2D eigenvalue weighted by Gasteiger charge is -2.36. The van der Waals surface area contributed by atoms with Gasteiger partial charge in [0.1, 0.15) is 15.8 Å². The van der Waals surface area contributed by atoms with Gasteiger partial charge in [-0.05, 0) is 36.3 Å². The predicted octanol–water partition coefficient (Wildman–Crippen LogP) is 4.73. The lowest BCUT2D eigenvalue weighted by Crippen LogP contribution is -2.47. The fraction of sp³-hybridized carbons (Fsp3) is 0.226. The Labute approximate surface area is 242 Å². The molecule has 0 N–H and O–H groups in total. The number of carbonyl (C=O) groups is 1. The Bertz CT molecular complexity index is 1660. The van der Waals surface area contributed by atoms with Crippen LogP contribution in [0.4, 0.5) is 5.82 Å². The van der Waals surface area contributed by atoms with E-state index in [4.69, 9.17) is 17.2 Å². The number of rotatable bonds is 6. The average molecular weight is 568 g/mol. The highest BCUT2D eigenvalue weighted by atomic mass is 32.2. The van der Waals surface area contributed by atoms with Gasteiger partial charge in [-0.25, -0.2) is 4.98 Å². The lowest BCUT2D eigenvalue weighted by molar-refractivity contribution is -0.122. The van der Waals surface area contributed by atoms with Crippen LogP contribution >= 0.6 is 24.0 Å². The van der Waals surface area contributed by atoms with Gasteiger partial charge in [-0.3, -0.25) is 23.8 Å². The Morgan fingerprint density at radius 1 is 0.875 bits per heavy atom. The number of carbonyl (C=O) groups excluding carboxylic acids is 1. The molecule has 0 saturated carbocycles. The maximum atomic E-state index is 13.8. The van der Waals surface area contributed by atoms with Crippen molar-refractivity contribution >= 4 is 51.7 Å². The molecule has 0 bridgehead atoms. The minimum absolute atomic E-state index is 0.188. The lowest BCUT2D eigenvalue weighted by atomic mass is 10.1. The molecule has 0 radical (unpaired) electrons. The first kappa shape index (κ1) is 26.4. The molecule has 40 heavy (non-hydrogen) atoms. The Hall–Kier alpha value is -3.79. The number of piperazine rings is 1. The zero-order valence-electron chi connectivity index (χ0n) is 22.2. The Balaban J connectivity index is 1.29. The molecule has 0 aliphatic carbocycles. The molecule has 202 valence electrons. The molecule has 0 spiro atoms. The average Bonchev–Trinajstić information content (AvgIpc) is 3.24. The van der Waals surface area contributed by atoms with Crippen LogP contribution < -0.4 is 10.5 Å². The zero-order valence-corrected chi connectivity index (χ0v) is 23.8. The highest BCUT2D eigenvalue weighted by Crippen LogP contribution is 2.34. The van der Waals surface area contributed by atoms with Crippen LogP contribution in [-0.4, -0.2) is 55.6 Å². The van der Waals surface area contributed by atoms with E-state index in [9.17, 15) is 9.59 Å². The van der Waals surface area contributed by atoms with Crippen molar-refractivity contribution in [3.8, 4) is 0 Å². The van der Waals surface area contributed by atoms with E-state index in [-0.39, 0.29) is 11.5 Å². The fourth-order valence-electron chi connectivity index (χ4n) is 5.06. The van der Waals surface area contributed by atoms with E-state index in [2.05, 4.69) is 34.1 Å². The molecule has 4 heterocycles. The van der Waals surface area contributed by atoms with E-state index in [0.29, 0.717) is 32.8 Å². The topological polar surface area (TPSA) is 61.2 Å². The maximum absolute atomic E-state index is 13.8. The predicted molar refractivity (Wildman–Crippen MR) is 165 cm³/mol. The molecule has 2 fully saturated rings. The number of aromatic nitrogens is 2. The molecule has 2 aromatic heterocycles. The van der Waals surface area contributed by atoms with Crippen LogP contribution in [0.15, 0.2) is 88.7 Å². The molecule has 7 nitrogen and oxygen atoms in total. The van der Waals surface area contributed by atoms with Gasteiger partial charge in [0, 0.05) is 38.9 Å². The molecule has 6 rings (SSSR count). The summed E-state index contributed by atoms with van der Waals surface area (Å²) >= 11 is 6.82. The summed E-state index contributed by atoms with van der Waals surface area (Å²) in [5.74, 6) is 0.422. The molecular formula is C31H29N5O2S2. The SMILES string of the molecule is Cc1ccc(CN2C(=O)/C(=C/c3c(N4CCN(Cc5ccccc5)CC4)nc4ccccn4c3=O)SC2=S)cc1. The van der Waals surface area contributed by atoms with Crippen molar-refractivity contribution in [2.75, 3.05) is 31.1 Å². The van der Waals surface area contributed by atoms with Crippen molar-refractivity contribution < 1.29 is 4.79 Å². The second-order valence-corrected chi connectivity index (χ2v) is 11.8. The van der Waals surface area contributed by atoms with Gasteiger partial charge < -0.3 is 4.90 Å². The van der Waals surface area contributed by atoms with Crippen molar-refractivity contribution in [3.63, 3.8) is 0 Å². The summed E-state index contributed by atoms with van der Waals surface area (Å²) < 4.78 is 2.02. The minimum Gasteiger partial charge on any atom is -0.353 e. The first-order valence-electron chi connectivity index (χ1n) is 13.3. The summed E-state index contributed by atoms with van der Waals surface area (Å²) in [6.45, 7) is 6.48. The molecule has 2 saturated heterocycles. The molecule has 0 atom stereocenters. The van der Waals surface area contributed by atoms with E-state index in [1.54, 1.807) is 17.2 Å². The largest absolute Gasteiger partial charge is 0.353 e. The first-order valence-corrected chi connectivity index (χ1v) is 14.5. The number of benzene rings is 2. The number of fused-ring (bicyclic) bond motifs is 1. The number of nitrogens with zero attached hydrogens (tertiary/aromatic N) is 5. The fourth-order valence-corrected chi connectivity index (χ4v) is 6.30. The van der Waals surface area contributed by atoms with Gasteiger partial charge in [0.15, 0.2) is 0 Å². The van der Waals surface area contributed by atoms with E-state index < -0.39 is 0 Å². The van der Waals surface area contributed by atoms with Crippen LogP contribution in [0.2, 0.25) is 0 Å². The van der Waals surface area contributed by atoms with Gasteiger partial charge in [0.05, 0.1) is 17.0 Å². The molecule has 1 amide bonds. The van der Waals surface area contributed by atoms with Crippen molar-refractivity contribution in [2.45, 2.75) is 20.0 Å². The molecule has 2 aliphatic rings. The van der Waals surface area contributed by atoms with Gasteiger partial charge >= 0.3 is 0 Å². The third-order valence-electron chi connectivity index (χ3n) is 7.28. The second-order valence-electron chi connectivity index (χ2n) is 10.1. The van der Waals surface area contributed by atoms with Crippen LogP contribution in [0.1, 0.15) is 22.3 Å². The molecule has 0 unspecified atom stereocenters. The zero-order chi connectivity index (χ0) is 27.6. The van der Waals surface area contributed by atoms with Gasteiger partial charge in [-0.15, -0.1) is 0 Å². The third-order valence-corrected chi connectivity index (χ3v) is 8.66. The number of hydrogen-bond acceptors (Lipinski definition) is 7. The smallest absolute Gasteiger partial charge is 0.267 e. The number of thioether (sulfide) groups is 1. The summed E-state index contributed by atoms with van der Waals surface area (Å²) in [4.78, 5) is 38.7. The Kier molecular flexibility index (Phi) is 7.51.